The Hall–Kier alpha value is -1.72. The fraction of sp³-hybridized carbons (Fsp3) is 0.286. The van der Waals surface area contributed by atoms with Gasteiger partial charge in [0.25, 0.3) is 0 Å². The number of hydrogen-bond acceptors (Lipinski definition) is 4. The summed E-state index contributed by atoms with van der Waals surface area (Å²) in [4.78, 5) is 4.76. The molecule has 1 aromatic carbocycles. The first-order valence-corrected chi connectivity index (χ1v) is 6.44. The molecule has 2 rings (SSSR count). The lowest BCUT2D eigenvalue weighted by Crippen LogP contribution is -2.13. The van der Waals surface area contributed by atoms with E-state index in [4.69, 9.17) is 27.4 Å². The van der Waals surface area contributed by atoms with Gasteiger partial charge < -0.3 is 15.2 Å². The molecule has 0 bridgehead atoms. The summed E-state index contributed by atoms with van der Waals surface area (Å²) >= 11 is 5.05. The van der Waals surface area contributed by atoms with Crippen LogP contribution in [-0.2, 0) is 4.74 Å². The molecule has 0 saturated heterocycles. The van der Waals surface area contributed by atoms with Gasteiger partial charge in [0, 0.05) is 25.5 Å². The fourth-order valence-corrected chi connectivity index (χ4v) is 1.90. The van der Waals surface area contributed by atoms with Crippen molar-refractivity contribution in [3.63, 3.8) is 0 Å². The van der Waals surface area contributed by atoms with E-state index in [1.165, 1.54) is 0 Å². The first-order chi connectivity index (χ1) is 9.22. The molecule has 0 aliphatic carbocycles. The molecule has 0 atom stereocenters. The SMILES string of the molecule is COCCCOc1nc2ccccc2cc1C(N)=S. The molecule has 0 radical (unpaired) electrons. The summed E-state index contributed by atoms with van der Waals surface area (Å²) in [5, 5.41) is 0.995. The summed E-state index contributed by atoms with van der Waals surface area (Å²) in [7, 11) is 1.66. The minimum atomic E-state index is 0.292. The normalized spacial score (nSPS) is 10.6. The number of thiocarbonyl (C=S) groups is 1. The van der Waals surface area contributed by atoms with E-state index in [-0.39, 0.29) is 0 Å². The maximum absolute atomic E-state index is 5.72. The second kappa shape index (κ2) is 6.45. The summed E-state index contributed by atoms with van der Waals surface area (Å²) in [6, 6.07) is 9.70. The van der Waals surface area contributed by atoms with Gasteiger partial charge in [0.2, 0.25) is 5.88 Å². The Labute approximate surface area is 117 Å². The molecule has 1 heterocycles. The second-order valence-corrected chi connectivity index (χ2v) is 4.53. The van der Waals surface area contributed by atoms with Crippen LogP contribution in [0.2, 0.25) is 0 Å². The van der Waals surface area contributed by atoms with Crippen molar-refractivity contribution in [2.45, 2.75) is 6.42 Å². The molecule has 1 aromatic heterocycles. The van der Waals surface area contributed by atoms with E-state index in [1.54, 1.807) is 7.11 Å². The van der Waals surface area contributed by atoms with Crippen molar-refractivity contribution in [3.05, 3.63) is 35.9 Å². The van der Waals surface area contributed by atoms with Crippen molar-refractivity contribution in [3.8, 4) is 5.88 Å². The average molecular weight is 276 g/mol. The summed E-state index contributed by atoms with van der Waals surface area (Å²) in [5.41, 5.74) is 7.26. The van der Waals surface area contributed by atoms with E-state index in [1.807, 2.05) is 30.3 Å². The first-order valence-electron chi connectivity index (χ1n) is 6.03. The van der Waals surface area contributed by atoms with Crippen LogP contribution in [-0.4, -0.2) is 30.3 Å². The van der Waals surface area contributed by atoms with Gasteiger partial charge in [-0.15, -0.1) is 0 Å². The molecule has 100 valence electrons. The number of ether oxygens (including phenoxy) is 2. The van der Waals surface area contributed by atoms with Crippen molar-refractivity contribution < 1.29 is 9.47 Å². The molecule has 2 N–H and O–H groups in total. The van der Waals surface area contributed by atoms with Crippen molar-refractivity contribution in [1.82, 2.24) is 4.98 Å². The highest BCUT2D eigenvalue weighted by Crippen LogP contribution is 2.22. The van der Waals surface area contributed by atoms with Gasteiger partial charge in [-0.3, -0.25) is 0 Å². The number of nitrogens with two attached hydrogens (primary N) is 1. The number of benzene rings is 1. The zero-order chi connectivity index (χ0) is 13.7. The van der Waals surface area contributed by atoms with Crippen LogP contribution in [0.15, 0.2) is 30.3 Å². The van der Waals surface area contributed by atoms with E-state index in [9.17, 15) is 0 Å². The molecule has 19 heavy (non-hydrogen) atoms. The Morgan fingerprint density at radius 1 is 1.32 bits per heavy atom. The Kier molecular flexibility index (Phi) is 4.65. The minimum Gasteiger partial charge on any atom is -0.477 e. The van der Waals surface area contributed by atoms with E-state index in [0.29, 0.717) is 29.6 Å². The number of rotatable bonds is 6. The van der Waals surface area contributed by atoms with Crippen LogP contribution >= 0.6 is 12.2 Å². The van der Waals surface area contributed by atoms with Crippen molar-refractivity contribution in [2.24, 2.45) is 5.73 Å². The van der Waals surface area contributed by atoms with Crippen molar-refractivity contribution >= 4 is 28.1 Å². The molecule has 0 aliphatic rings. The zero-order valence-corrected chi connectivity index (χ0v) is 11.6. The Balaban J connectivity index is 2.28. The molecule has 4 nitrogen and oxygen atoms in total. The fourth-order valence-electron chi connectivity index (χ4n) is 1.76. The Morgan fingerprint density at radius 3 is 2.84 bits per heavy atom. The third-order valence-electron chi connectivity index (χ3n) is 2.69. The summed E-state index contributed by atoms with van der Waals surface area (Å²) < 4.78 is 10.6. The number of pyridine rings is 1. The molecule has 5 heteroatoms. The summed E-state index contributed by atoms with van der Waals surface area (Å²) in [6.45, 7) is 1.17. The summed E-state index contributed by atoms with van der Waals surface area (Å²) in [5.74, 6) is 0.488. The highest BCUT2D eigenvalue weighted by atomic mass is 32.1. The van der Waals surface area contributed by atoms with Gasteiger partial charge in [-0.05, 0) is 12.1 Å². The van der Waals surface area contributed by atoms with Gasteiger partial charge in [0.15, 0.2) is 0 Å². The zero-order valence-electron chi connectivity index (χ0n) is 10.8. The van der Waals surface area contributed by atoms with E-state index in [2.05, 4.69) is 4.98 Å². The molecule has 0 saturated carbocycles. The molecular weight excluding hydrogens is 260 g/mol. The lowest BCUT2D eigenvalue weighted by molar-refractivity contribution is 0.170. The molecule has 2 aromatic rings. The second-order valence-electron chi connectivity index (χ2n) is 4.09. The van der Waals surface area contributed by atoms with Gasteiger partial charge in [0.1, 0.15) is 4.99 Å². The summed E-state index contributed by atoms with van der Waals surface area (Å²) in [6.07, 6.45) is 0.793. The number of fused-ring (bicyclic) bond motifs is 1. The van der Waals surface area contributed by atoms with Gasteiger partial charge >= 0.3 is 0 Å². The Morgan fingerprint density at radius 2 is 2.11 bits per heavy atom. The molecular formula is C14H16N2O2S. The number of aromatic nitrogens is 1. The van der Waals surface area contributed by atoms with Crippen molar-refractivity contribution in [2.75, 3.05) is 20.3 Å². The first kappa shape index (κ1) is 13.7. The predicted molar refractivity (Wildman–Crippen MR) is 79.6 cm³/mol. The maximum Gasteiger partial charge on any atom is 0.224 e. The predicted octanol–water partition coefficient (Wildman–Crippen LogP) is 2.28. The van der Waals surface area contributed by atoms with Crippen LogP contribution in [0.4, 0.5) is 0 Å². The molecule has 0 fully saturated rings. The quantitative estimate of drug-likeness (QED) is 0.648. The third-order valence-corrected chi connectivity index (χ3v) is 2.91. The Bertz CT molecular complexity index is 587. The smallest absolute Gasteiger partial charge is 0.224 e. The van der Waals surface area contributed by atoms with Gasteiger partial charge in [0.05, 0.1) is 17.7 Å². The van der Waals surface area contributed by atoms with Crippen molar-refractivity contribution in [1.29, 1.82) is 0 Å². The van der Waals surface area contributed by atoms with Gasteiger partial charge in [-0.2, -0.15) is 0 Å². The highest BCUT2D eigenvalue weighted by molar-refractivity contribution is 7.80. The number of methoxy groups -OCH3 is 1. The van der Waals surface area contributed by atoms with Gasteiger partial charge in [-0.1, -0.05) is 30.4 Å². The average Bonchev–Trinajstić information content (AvgIpc) is 2.42. The lowest BCUT2D eigenvalue weighted by atomic mass is 10.1. The number of nitrogens with zero attached hydrogens (tertiary/aromatic N) is 1. The largest absolute Gasteiger partial charge is 0.477 e. The van der Waals surface area contributed by atoms with E-state index < -0.39 is 0 Å². The van der Waals surface area contributed by atoms with Crippen LogP contribution in [0.1, 0.15) is 12.0 Å². The number of para-hydroxylation sites is 1. The third kappa shape index (κ3) is 3.39. The lowest BCUT2D eigenvalue weighted by Gasteiger charge is -2.10. The maximum atomic E-state index is 5.72. The molecule has 0 aliphatic heterocycles. The molecule has 0 unspecified atom stereocenters. The van der Waals surface area contributed by atoms with E-state index >= 15 is 0 Å². The minimum absolute atomic E-state index is 0.292. The van der Waals surface area contributed by atoms with Crippen LogP contribution in [0.5, 0.6) is 5.88 Å². The highest BCUT2D eigenvalue weighted by Gasteiger charge is 2.10. The van der Waals surface area contributed by atoms with Crippen LogP contribution in [0.25, 0.3) is 10.9 Å². The number of hydrogen-bond donors (Lipinski definition) is 1. The molecule has 0 spiro atoms. The van der Waals surface area contributed by atoms with E-state index in [0.717, 1.165) is 17.3 Å². The van der Waals surface area contributed by atoms with Crippen LogP contribution in [0, 0.1) is 0 Å². The standard InChI is InChI=1S/C14H16N2O2S/c1-17-7-4-8-18-14-11(13(15)19)9-10-5-2-3-6-12(10)16-14/h2-3,5-6,9H,4,7-8H2,1H3,(H2,15,19). The van der Waals surface area contributed by atoms with Crippen LogP contribution in [0.3, 0.4) is 0 Å². The molecule has 0 amide bonds. The van der Waals surface area contributed by atoms with Gasteiger partial charge in [-0.25, -0.2) is 4.98 Å². The van der Waals surface area contributed by atoms with Crippen LogP contribution < -0.4 is 10.5 Å². The topological polar surface area (TPSA) is 57.4 Å². The monoisotopic (exact) mass is 276 g/mol.